The number of hydrogen-bond donors (Lipinski definition) is 0. The first-order valence-electron chi connectivity index (χ1n) is 25.1. The van der Waals surface area contributed by atoms with E-state index in [0.29, 0.717) is 26.1 Å². The van der Waals surface area contributed by atoms with Crippen LogP contribution >= 0.6 is 0 Å². The van der Waals surface area contributed by atoms with Crippen molar-refractivity contribution in [2.45, 2.75) is 245 Å². The number of rotatable bonds is 40. The standard InChI is InChI=1S/2C27H44O5.Ba/c2*1-3-15-25(31-22-24-16-9-8-10-17-24)18-13-14-20-26(32-23(2)28)19-11-6-4-5-7-12-21-27(29)30;/h2*8-10,16-17,25-26H,3-7,11-15,18-22H2,1-2H3,(H,29,30);/q;;+2/p-2. The predicted octanol–water partition coefficient (Wildman–Crippen LogP) is 11.1. The van der Waals surface area contributed by atoms with Gasteiger partial charge in [0, 0.05) is 25.8 Å². The van der Waals surface area contributed by atoms with Crippen molar-refractivity contribution < 1.29 is 48.3 Å². The van der Waals surface area contributed by atoms with Gasteiger partial charge in [-0.25, -0.2) is 0 Å². The fourth-order valence-electron chi connectivity index (χ4n) is 8.02. The fraction of sp³-hybridized carbons (Fsp3) is 0.704. The molecule has 0 aliphatic heterocycles. The first-order valence-corrected chi connectivity index (χ1v) is 25.1. The number of esters is 2. The number of unbranched alkanes of at least 4 members (excludes halogenated alkanes) is 12. The third-order valence-corrected chi connectivity index (χ3v) is 11.5. The summed E-state index contributed by atoms with van der Waals surface area (Å²) in [5.41, 5.74) is 2.42. The van der Waals surface area contributed by atoms with Crippen molar-refractivity contribution >= 4 is 72.8 Å². The van der Waals surface area contributed by atoms with E-state index in [1.54, 1.807) is 0 Å². The van der Waals surface area contributed by atoms with Crippen molar-refractivity contribution in [3.05, 3.63) is 71.8 Å². The topological polar surface area (TPSA) is 151 Å². The summed E-state index contributed by atoms with van der Waals surface area (Å²) in [6.45, 7) is 8.68. The van der Waals surface area contributed by atoms with Crippen LogP contribution in [-0.2, 0) is 51.3 Å². The van der Waals surface area contributed by atoms with E-state index in [0.717, 1.165) is 154 Å². The van der Waals surface area contributed by atoms with E-state index in [1.807, 2.05) is 36.4 Å². The van der Waals surface area contributed by atoms with Gasteiger partial charge in [-0.05, 0) is 114 Å². The van der Waals surface area contributed by atoms with Crippen LogP contribution in [0.4, 0.5) is 0 Å². The second kappa shape index (κ2) is 44.3. The maximum atomic E-state index is 11.5. The fourth-order valence-corrected chi connectivity index (χ4v) is 8.02. The molecule has 0 saturated carbocycles. The van der Waals surface area contributed by atoms with E-state index in [1.165, 1.54) is 25.0 Å². The molecule has 10 nitrogen and oxygen atoms in total. The number of carbonyl (C=O) groups is 4. The average Bonchev–Trinajstić information content (AvgIpc) is 3.26. The molecule has 0 aliphatic carbocycles. The number of carboxylic acid groups (broad SMARTS) is 2. The average molecular weight is 1030 g/mol. The first kappa shape index (κ1) is 62.8. The third kappa shape index (κ3) is 40.6. The molecule has 0 spiro atoms. The Morgan fingerprint density at radius 2 is 0.692 bits per heavy atom. The predicted molar refractivity (Wildman–Crippen MR) is 258 cm³/mol. The molecule has 0 fully saturated rings. The van der Waals surface area contributed by atoms with Crippen molar-refractivity contribution in [3.8, 4) is 0 Å². The molecular formula is C54H86BaO10. The Kier molecular flexibility index (Phi) is 42.8. The van der Waals surface area contributed by atoms with Crippen LogP contribution < -0.4 is 10.2 Å². The SMILES string of the molecule is CCCC(CCCCC(CCCCCCCCC(=O)[O-])OC(C)=O)OCc1ccccc1.CCCC(CCCCC(CCCCCCCCC(=O)[O-])OC(C)=O)OCc1ccccc1.[Ba+2]. The summed E-state index contributed by atoms with van der Waals surface area (Å²) in [4.78, 5) is 43.7. The van der Waals surface area contributed by atoms with E-state index < -0.39 is 11.9 Å². The minimum absolute atomic E-state index is 0. The van der Waals surface area contributed by atoms with Crippen LogP contribution in [0.25, 0.3) is 0 Å². The first-order chi connectivity index (χ1) is 31.0. The molecule has 2 rings (SSSR count). The minimum atomic E-state index is -0.960. The molecule has 65 heavy (non-hydrogen) atoms. The van der Waals surface area contributed by atoms with Crippen LogP contribution in [0.1, 0.15) is 219 Å². The summed E-state index contributed by atoms with van der Waals surface area (Å²) in [7, 11) is 0. The molecule has 0 N–H and O–H groups in total. The van der Waals surface area contributed by atoms with Gasteiger partial charge in [-0.2, -0.15) is 0 Å². The number of ether oxygens (including phenoxy) is 4. The smallest absolute Gasteiger partial charge is 0.550 e. The third-order valence-electron chi connectivity index (χ3n) is 11.5. The van der Waals surface area contributed by atoms with Crippen molar-refractivity contribution in [3.63, 3.8) is 0 Å². The quantitative estimate of drug-likeness (QED) is 0.0358. The maximum Gasteiger partial charge on any atom is 2.00 e. The molecule has 0 aromatic heterocycles. The van der Waals surface area contributed by atoms with Crippen LogP contribution in [0.15, 0.2) is 60.7 Å². The van der Waals surface area contributed by atoms with Gasteiger partial charge in [-0.1, -0.05) is 152 Å². The van der Waals surface area contributed by atoms with E-state index in [-0.39, 0.29) is 98.1 Å². The molecule has 2 aromatic carbocycles. The Bertz CT molecular complexity index is 1320. The summed E-state index contributed by atoms with van der Waals surface area (Å²) >= 11 is 0. The summed E-state index contributed by atoms with van der Waals surface area (Å²) in [6.07, 6.45) is 27.0. The van der Waals surface area contributed by atoms with E-state index in [9.17, 15) is 29.4 Å². The molecular weight excluding hydrogens is 946 g/mol. The van der Waals surface area contributed by atoms with Crippen molar-refractivity contribution in [1.82, 2.24) is 0 Å². The molecule has 364 valence electrons. The zero-order valence-electron chi connectivity index (χ0n) is 41.1. The molecule has 11 heteroatoms. The Balaban J connectivity index is 0.00000124. The molecule has 4 unspecified atom stereocenters. The maximum absolute atomic E-state index is 11.5. The van der Waals surface area contributed by atoms with Gasteiger partial charge in [0.2, 0.25) is 0 Å². The Morgan fingerprint density at radius 3 is 0.985 bits per heavy atom. The van der Waals surface area contributed by atoms with Crippen LogP contribution in [0.2, 0.25) is 0 Å². The Morgan fingerprint density at radius 1 is 0.415 bits per heavy atom. The van der Waals surface area contributed by atoms with Gasteiger partial charge in [-0.3, -0.25) is 9.59 Å². The second-order valence-corrected chi connectivity index (χ2v) is 17.5. The summed E-state index contributed by atoms with van der Waals surface area (Å²) < 4.78 is 23.4. The molecule has 0 radical (unpaired) electrons. The van der Waals surface area contributed by atoms with Gasteiger partial charge in [0.25, 0.3) is 0 Å². The molecule has 0 amide bonds. The Labute approximate surface area is 434 Å². The molecule has 0 aliphatic rings. The van der Waals surface area contributed by atoms with Gasteiger partial charge in [0.1, 0.15) is 12.2 Å². The van der Waals surface area contributed by atoms with Gasteiger partial charge >= 0.3 is 60.8 Å². The number of carbonyl (C=O) groups excluding carboxylic acids is 4. The van der Waals surface area contributed by atoms with E-state index in [4.69, 9.17) is 18.9 Å². The van der Waals surface area contributed by atoms with Gasteiger partial charge in [0.05, 0.1) is 25.4 Å². The summed E-state index contributed by atoms with van der Waals surface area (Å²) in [6, 6.07) is 20.6. The molecule has 2 aromatic rings. The van der Waals surface area contributed by atoms with Gasteiger partial charge in [-0.15, -0.1) is 0 Å². The number of benzene rings is 2. The number of aliphatic carboxylic acids is 2. The monoisotopic (exact) mass is 1030 g/mol. The number of carboxylic acids is 2. The van der Waals surface area contributed by atoms with Crippen molar-refractivity contribution in [2.75, 3.05) is 0 Å². The van der Waals surface area contributed by atoms with Gasteiger partial charge in [0.15, 0.2) is 0 Å². The zero-order chi connectivity index (χ0) is 46.9. The van der Waals surface area contributed by atoms with Crippen LogP contribution in [0.3, 0.4) is 0 Å². The largest absolute Gasteiger partial charge is 2.00 e. The summed E-state index contributed by atoms with van der Waals surface area (Å²) in [5.74, 6) is -2.32. The van der Waals surface area contributed by atoms with Crippen LogP contribution in [0.5, 0.6) is 0 Å². The Hall–Kier alpha value is -2.19. The van der Waals surface area contributed by atoms with Crippen molar-refractivity contribution in [2.24, 2.45) is 0 Å². The van der Waals surface area contributed by atoms with Gasteiger partial charge < -0.3 is 38.7 Å². The van der Waals surface area contributed by atoms with Crippen molar-refractivity contribution in [1.29, 1.82) is 0 Å². The van der Waals surface area contributed by atoms with E-state index >= 15 is 0 Å². The second-order valence-electron chi connectivity index (χ2n) is 17.5. The minimum Gasteiger partial charge on any atom is -0.550 e. The van der Waals surface area contributed by atoms with Crippen LogP contribution in [-0.4, -0.2) is 97.2 Å². The van der Waals surface area contributed by atoms with E-state index in [2.05, 4.69) is 38.1 Å². The molecule has 0 heterocycles. The number of hydrogen-bond acceptors (Lipinski definition) is 10. The molecule has 0 bridgehead atoms. The normalized spacial score (nSPS) is 12.7. The summed E-state index contributed by atoms with van der Waals surface area (Å²) in [5, 5.41) is 20.8. The zero-order valence-corrected chi connectivity index (χ0v) is 45.5. The molecule has 4 atom stereocenters. The van der Waals surface area contributed by atoms with Crippen LogP contribution in [0, 0.1) is 0 Å². The molecule has 0 saturated heterocycles.